The summed E-state index contributed by atoms with van der Waals surface area (Å²) in [5, 5.41) is -0.509. The highest BCUT2D eigenvalue weighted by Gasteiger charge is 2.13. The highest BCUT2D eigenvalue weighted by Crippen LogP contribution is 2.36. The van der Waals surface area contributed by atoms with Crippen molar-refractivity contribution in [2.45, 2.75) is 0 Å². The van der Waals surface area contributed by atoms with Crippen LogP contribution >= 0.6 is 11.6 Å². The largest absolute Gasteiger partial charge is 0.496 e. The van der Waals surface area contributed by atoms with Crippen LogP contribution in [0.5, 0.6) is 11.5 Å². The zero-order valence-corrected chi connectivity index (χ0v) is 11.4. The summed E-state index contributed by atoms with van der Waals surface area (Å²) in [6.45, 7) is 0. The maximum atomic E-state index is 11.2. The fourth-order valence-corrected chi connectivity index (χ4v) is 2.02. The lowest BCUT2D eigenvalue weighted by Gasteiger charge is -2.12. The van der Waals surface area contributed by atoms with E-state index in [1.54, 1.807) is 32.4 Å². The second kappa shape index (κ2) is 5.76. The summed E-state index contributed by atoms with van der Waals surface area (Å²) in [5.41, 5.74) is 2.15. The fourth-order valence-electron chi connectivity index (χ4n) is 1.90. The van der Waals surface area contributed by atoms with Crippen LogP contribution in [0.1, 0.15) is 10.4 Å². The predicted octanol–water partition coefficient (Wildman–Crippen LogP) is 3.75. The zero-order chi connectivity index (χ0) is 13.8. The third-order valence-electron chi connectivity index (χ3n) is 2.83. The Labute approximate surface area is 116 Å². The predicted molar refractivity (Wildman–Crippen MR) is 75.2 cm³/mol. The van der Waals surface area contributed by atoms with Gasteiger partial charge in [0.05, 0.1) is 14.2 Å². The van der Waals surface area contributed by atoms with Crippen LogP contribution in [0.3, 0.4) is 0 Å². The number of carbonyl (C=O) groups excluding carboxylic acids is 1. The van der Waals surface area contributed by atoms with Crippen molar-refractivity contribution in [2.75, 3.05) is 14.2 Å². The number of carbonyl (C=O) groups is 1. The minimum Gasteiger partial charge on any atom is -0.496 e. The van der Waals surface area contributed by atoms with E-state index in [9.17, 15) is 4.79 Å². The molecule has 98 valence electrons. The maximum Gasteiger partial charge on any atom is 0.252 e. The fraction of sp³-hybridized carbons (Fsp3) is 0.133. The molecule has 0 unspecified atom stereocenters. The molecule has 0 aliphatic rings. The molecule has 19 heavy (non-hydrogen) atoms. The van der Waals surface area contributed by atoms with Gasteiger partial charge in [0.2, 0.25) is 0 Å². The first-order valence-electron chi connectivity index (χ1n) is 5.68. The second-order valence-electron chi connectivity index (χ2n) is 3.89. The third-order valence-corrected chi connectivity index (χ3v) is 3.04. The highest BCUT2D eigenvalue weighted by molar-refractivity contribution is 6.67. The van der Waals surface area contributed by atoms with E-state index in [0.29, 0.717) is 11.3 Å². The summed E-state index contributed by atoms with van der Waals surface area (Å²) in [5.74, 6) is 1.32. The van der Waals surface area contributed by atoms with E-state index in [-0.39, 0.29) is 0 Å². The van der Waals surface area contributed by atoms with Crippen molar-refractivity contribution in [2.24, 2.45) is 0 Å². The van der Waals surface area contributed by atoms with Crippen LogP contribution in [0, 0.1) is 0 Å². The Bertz CT molecular complexity index is 608. The molecule has 0 saturated carbocycles. The van der Waals surface area contributed by atoms with E-state index in [1.165, 1.54) is 0 Å². The molecule has 0 radical (unpaired) electrons. The molecule has 0 aliphatic carbocycles. The van der Waals surface area contributed by atoms with Crippen LogP contribution in [-0.2, 0) is 0 Å². The van der Waals surface area contributed by atoms with Gasteiger partial charge in [-0.2, -0.15) is 0 Å². The van der Waals surface area contributed by atoms with Crippen molar-refractivity contribution in [1.29, 1.82) is 0 Å². The molecular weight excluding hydrogens is 264 g/mol. The van der Waals surface area contributed by atoms with Gasteiger partial charge in [-0.1, -0.05) is 18.2 Å². The third kappa shape index (κ3) is 2.71. The van der Waals surface area contributed by atoms with Crippen LogP contribution in [0.2, 0.25) is 0 Å². The number of halogens is 1. The van der Waals surface area contributed by atoms with Gasteiger partial charge in [0.1, 0.15) is 11.5 Å². The molecule has 0 saturated heterocycles. The Hall–Kier alpha value is -2.00. The van der Waals surface area contributed by atoms with E-state index in [1.807, 2.05) is 24.3 Å². The Balaban J connectivity index is 2.59. The van der Waals surface area contributed by atoms with Gasteiger partial charge in [0.25, 0.3) is 5.24 Å². The second-order valence-corrected chi connectivity index (χ2v) is 4.23. The monoisotopic (exact) mass is 276 g/mol. The number of hydrogen-bond donors (Lipinski definition) is 0. The number of rotatable bonds is 4. The van der Waals surface area contributed by atoms with Crippen molar-refractivity contribution in [1.82, 2.24) is 0 Å². The molecule has 2 rings (SSSR count). The number of para-hydroxylation sites is 1. The number of methoxy groups -OCH3 is 2. The van der Waals surface area contributed by atoms with Crippen LogP contribution in [0.25, 0.3) is 11.1 Å². The van der Waals surface area contributed by atoms with Crippen molar-refractivity contribution in [3.63, 3.8) is 0 Å². The van der Waals surface area contributed by atoms with Crippen LogP contribution < -0.4 is 9.47 Å². The number of hydrogen-bond acceptors (Lipinski definition) is 3. The van der Waals surface area contributed by atoms with E-state index in [0.717, 1.165) is 16.9 Å². The van der Waals surface area contributed by atoms with Gasteiger partial charge < -0.3 is 9.47 Å². The lowest BCUT2D eigenvalue weighted by Crippen LogP contribution is -1.95. The smallest absolute Gasteiger partial charge is 0.252 e. The maximum absolute atomic E-state index is 11.2. The molecule has 0 aliphatic heterocycles. The van der Waals surface area contributed by atoms with Gasteiger partial charge in [-0.05, 0) is 35.9 Å². The molecular formula is C15H13ClO3. The quantitative estimate of drug-likeness (QED) is 0.798. The van der Waals surface area contributed by atoms with E-state index < -0.39 is 5.24 Å². The summed E-state index contributed by atoms with van der Waals surface area (Å²) < 4.78 is 10.7. The minimum atomic E-state index is -0.509. The molecule has 0 amide bonds. The average Bonchev–Trinajstić information content (AvgIpc) is 2.46. The first-order valence-corrected chi connectivity index (χ1v) is 6.06. The molecule has 2 aromatic carbocycles. The standard InChI is InChI=1S/C15H13ClO3/c1-18-13-6-4-3-5-11(13)12-8-7-10(15(16)17)9-14(12)19-2/h3-9H,1-2H3. The zero-order valence-electron chi connectivity index (χ0n) is 10.6. The lowest BCUT2D eigenvalue weighted by molar-refractivity contribution is 0.108. The van der Waals surface area contributed by atoms with Crippen molar-refractivity contribution < 1.29 is 14.3 Å². The highest BCUT2D eigenvalue weighted by atomic mass is 35.5. The van der Waals surface area contributed by atoms with E-state index >= 15 is 0 Å². The molecule has 0 spiro atoms. The molecule has 4 heteroatoms. The van der Waals surface area contributed by atoms with Gasteiger partial charge in [-0.3, -0.25) is 4.79 Å². The van der Waals surface area contributed by atoms with Crippen LogP contribution in [0.4, 0.5) is 0 Å². The average molecular weight is 277 g/mol. The summed E-state index contributed by atoms with van der Waals surface area (Å²) in [6, 6.07) is 12.7. The first kappa shape index (κ1) is 13.4. The lowest BCUT2D eigenvalue weighted by atomic mass is 10.0. The minimum absolute atomic E-state index is 0.400. The molecule has 0 aromatic heterocycles. The molecule has 0 bridgehead atoms. The summed E-state index contributed by atoms with van der Waals surface area (Å²) >= 11 is 5.47. The Kier molecular flexibility index (Phi) is 4.07. The number of benzene rings is 2. The van der Waals surface area contributed by atoms with Crippen LogP contribution in [0.15, 0.2) is 42.5 Å². The topological polar surface area (TPSA) is 35.5 Å². The van der Waals surface area contributed by atoms with Gasteiger partial charge in [-0.15, -0.1) is 0 Å². The van der Waals surface area contributed by atoms with Crippen molar-refractivity contribution in [3.05, 3.63) is 48.0 Å². The normalized spacial score (nSPS) is 10.1. The van der Waals surface area contributed by atoms with Crippen molar-refractivity contribution in [3.8, 4) is 22.6 Å². The van der Waals surface area contributed by atoms with Gasteiger partial charge in [0.15, 0.2) is 0 Å². The first-order chi connectivity index (χ1) is 9.17. The molecule has 0 atom stereocenters. The summed E-state index contributed by atoms with van der Waals surface area (Å²) in [7, 11) is 3.17. The molecule has 0 fully saturated rings. The van der Waals surface area contributed by atoms with E-state index in [2.05, 4.69) is 0 Å². The molecule has 0 N–H and O–H groups in total. The van der Waals surface area contributed by atoms with Crippen LogP contribution in [-0.4, -0.2) is 19.5 Å². The summed E-state index contributed by atoms with van der Waals surface area (Å²) in [6.07, 6.45) is 0. The molecule has 2 aromatic rings. The van der Waals surface area contributed by atoms with Gasteiger partial charge in [0, 0.05) is 16.7 Å². The molecule has 3 nitrogen and oxygen atoms in total. The number of ether oxygens (including phenoxy) is 2. The Morgan fingerprint density at radius 2 is 1.58 bits per heavy atom. The van der Waals surface area contributed by atoms with Gasteiger partial charge >= 0.3 is 0 Å². The summed E-state index contributed by atoms with van der Waals surface area (Å²) in [4.78, 5) is 11.2. The Morgan fingerprint density at radius 3 is 2.21 bits per heavy atom. The van der Waals surface area contributed by atoms with Crippen molar-refractivity contribution >= 4 is 16.8 Å². The Morgan fingerprint density at radius 1 is 0.947 bits per heavy atom. The SMILES string of the molecule is COc1ccccc1-c1ccc(C(=O)Cl)cc1OC. The van der Waals surface area contributed by atoms with Gasteiger partial charge in [-0.25, -0.2) is 0 Å². The van der Waals surface area contributed by atoms with E-state index in [4.69, 9.17) is 21.1 Å². The molecule has 0 heterocycles.